The van der Waals surface area contributed by atoms with Crippen LogP contribution in [0.2, 0.25) is 0 Å². The molecule has 0 aromatic carbocycles. The lowest BCUT2D eigenvalue weighted by atomic mass is 10.1. The van der Waals surface area contributed by atoms with Crippen LogP contribution in [0.25, 0.3) is 0 Å². The van der Waals surface area contributed by atoms with Gasteiger partial charge in [0.1, 0.15) is 0 Å². The van der Waals surface area contributed by atoms with E-state index in [0.717, 1.165) is 32.8 Å². The van der Waals surface area contributed by atoms with Crippen LogP contribution in [0.3, 0.4) is 0 Å². The summed E-state index contributed by atoms with van der Waals surface area (Å²) in [5, 5.41) is 3.70. The fraction of sp³-hybridized carbons (Fsp3) is 1.00. The molecule has 2 saturated heterocycles. The Morgan fingerprint density at radius 1 is 1.20 bits per heavy atom. The molecule has 2 aliphatic heterocycles. The van der Waals surface area contributed by atoms with Crippen molar-refractivity contribution >= 4 is 0 Å². The van der Waals surface area contributed by atoms with E-state index in [1.807, 2.05) is 0 Å². The van der Waals surface area contributed by atoms with Crippen molar-refractivity contribution in [2.45, 2.75) is 57.6 Å². The molecule has 0 bridgehead atoms. The summed E-state index contributed by atoms with van der Waals surface area (Å²) in [7, 11) is 0. The topological polar surface area (TPSA) is 33.7 Å². The van der Waals surface area contributed by atoms with E-state index < -0.39 is 0 Å². The van der Waals surface area contributed by atoms with E-state index in [4.69, 9.17) is 9.47 Å². The van der Waals surface area contributed by atoms with Gasteiger partial charge in [-0.2, -0.15) is 0 Å². The predicted octanol–water partition coefficient (Wildman–Crippen LogP) is 2.04. The van der Waals surface area contributed by atoms with Crippen molar-refractivity contribution in [3.05, 3.63) is 0 Å². The highest BCUT2D eigenvalue weighted by atomic mass is 16.5. The Morgan fingerprint density at radius 2 is 2.15 bits per heavy atom. The third kappa shape index (κ3) is 6.08. The van der Waals surface area contributed by atoms with Crippen molar-refractivity contribution in [3.63, 3.8) is 0 Å². The van der Waals surface area contributed by atoms with Gasteiger partial charge in [-0.1, -0.05) is 6.92 Å². The largest absolute Gasteiger partial charge is 0.379 e. The molecule has 0 radical (unpaired) electrons. The smallest absolute Gasteiger partial charge is 0.0809 e. The lowest BCUT2D eigenvalue weighted by molar-refractivity contribution is 0.0165. The summed E-state index contributed by atoms with van der Waals surface area (Å²) in [5.41, 5.74) is 0. The van der Waals surface area contributed by atoms with Crippen LogP contribution in [-0.4, -0.2) is 63.0 Å². The molecule has 0 aromatic rings. The number of hydrogen-bond acceptors (Lipinski definition) is 4. The van der Waals surface area contributed by atoms with Crippen LogP contribution in [0.1, 0.15) is 45.4 Å². The van der Waals surface area contributed by atoms with E-state index in [1.165, 1.54) is 51.7 Å². The maximum absolute atomic E-state index is 5.69. The van der Waals surface area contributed by atoms with Crippen molar-refractivity contribution < 1.29 is 9.47 Å². The van der Waals surface area contributed by atoms with Gasteiger partial charge in [-0.25, -0.2) is 0 Å². The van der Waals surface area contributed by atoms with Gasteiger partial charge in [0.2, 0.25) is 0 Å². The maximum Gasteiger partial charge on any atom is 0.0809 e. The molecule has 2 atom stereocenters. The quantitative estimate of drug-likeness (QED) is 0.692. The first kappa shape index (κ1) is 16.2. The van der Waals surface area contributed by atoms with Crippen molar-refractivity contribution in [1.29, 1.82) is 0 Å². The molecular formula is C16H32N2O2. The standard InChI is InChI=1S/C16H32N2O2/c1-2-18-10-3-6-15(8-11-18)17-9-5-12-19-14-16-7-4-13-20-16/h15-17H,2-14H2,1H3. The summed E-state index contributed by atoms with van der Waals surface area (Å²) < 4.78 is 11.2. The Hall–Kier alpha value is -0.160. The minimum absolute atomic E-state index is 0.366. The summed E-state index contributed by atoms with van der Waals surface area (Å²) in [6, 6.07) is 0.713. The molecule has 0 amide bonds. The van der Waals surface area contributed by atoms with Gasteiger partial charge in [0.05, 0.1) is 12.7 Å². The SMILES string of the molecule is CCN1CCCC(NCCCOCC2CCCO2)CC1. The first-order chi connectivity index (χ1) is 9.88. The van der Waals surface area contributed by atoms with Crippen LogP contribution in [0, 0.1) is 0 Å². The average Bonchev–Trinajstić information content (AvgIpc) is 2.88. The van der Waals surface area contributed by atoms with Crippen LogP contribution >= 0.6 is 0 Å². The first-order valence-corrected chi connectivity index (χ1v) is 8.53. The molecule has 0 spiro atoms. The van der Waals surface area contributed by atoms with Crippen molar-refractivity contribution in [1.82, 2.24) is 10.2 Å². The lowest BCUT2D eigenvalue weighted by Gasteiger charge is -2.18. The number of nitrogens with one attached hydrogen (secondary N) is 1. The van der Waals surface area contributed by atoms with Gasteiger partial charge in [-0.3, -0.25) is 0 Å². The number of hydrogen-bond donors (Lipinski definition) is 1. The van der Waals surface area contributed by atoms with E-state index in [0.29, 0.717) is 12.1 Å². The van der Waals surface area contributed by atoms with E-state index in [2.05, 4.69) is 17.1 Å². The molecule has 4 heteroatoms. The van der Waals surface area contributed by atoms with E-state index in [1.54, 1.807) is 0 Å². The second kappa shape index (κ2) is 9.72. The van der Waals surface area contributed by atoms with Gasteiger partial charge < -0.3 is 19.7 Å². The fourth-order valence-electron chi connectivity index (χ4n) is 3.15. The highest BCUT2D eigenvalue weighted by Crippen LogP contribution is 2.12. The number of likely N-dealkylation sites (tertiary alicyclic amines) is 1. The van der Waals surface area contributed by atoms with Crippen LogP contribution in [-0.2, 0) is 9.47 Å². The second-order valence-electron chi connectivity index (χ2n) is 6.08. The average molecular weight is 284 g/mol. The molecule has 2 unspecified atom stereocenters. The van der Waals surface area contributed by atoms with Crippen molar-refractivity contribution in [2.24, 2.45) is 0 Å². The summed E-state index contributed by atoms with van der Waals surface area (Å²) in [4.78, 5) is 2.56. The molecule has 20 heavy (non-hydrogen) atoms. The highest BCUT2D eigenvalue weighted by molar-refractivity contribution is 4.74. The normalized spacial score (nSPS) is 28.6. The molecule has 0 saturated carbocycles. The van der Waals surface area contributed by atoms with Gasteiger partial charge >= 0.3 is 0 Å². The molecule has 1 N–H and O–H groups in total. The van der Waals surface area contributed by atoms with Crippen LogP contribution in [0.4, 0.5) is 0 Å². The highest BCUT2D eigenvalue weighted by Gasteiger charge is 2.16. The molecule has 4 nitrogen and oxygen atoms in total. The third-order valence-corrected chi connectivity index (χ3v) is 4.49. The Labute approximate surface area is 124 Å². The minimum Gasteiger partial charge on any atom is -0.379 e. The first-order valence-electron chi connectivity index (χ1n) is 8.53. The molecule has 2 rings (SSSR count). The summed E-state index contributed by atoms with van der Waals surface area (Å²) in [6.45, 7) is 9.65. The molecule has 2 aliphatic rings. The Balaban J connectivity index is 1.44. The molecule has 118 valence electrons. The second-order valence-corrected chi connectivity index (χ2v) is 6.08. The van der Waals surface area contributed by atoms with Gasteiger partial charge in [-0.05, 0) is 64.7 Å². The molecule has 2 fully saturated rings. The van der Waals surface area contributed by atoms with Crippen molar-refractivity contribution in [3.8, 4) is 0 Å². The van der Waals surface area contributed by atoms with Gasteiger partial charge in [-0.15, -0.1) is 0 Å². The summed E-state index contributed by atoms with van der Waals surface area (Å²) in [5.74, 6) is 0. The third-order valence-electron chi connectivity index (χ3n) is 4.49. The minimum atomic E-state index is 0.366. The molecular weight excluding hydrogens is 252 g/mol. The van der Waals surface area contributed by atoms with Gasteiger partial charge in [0.25, 0.3) is 0 Å². The number of nitrogens with zero attached hydrogens (tertiary/aromatic N) is 1. The summed E-state index contributed by atoms with van der Waals surface area (Å²) >= 11 is 0. The monoisotopic (exact) mass is 284 g/mol. The molecule has 0 aromatic heterocycles. The Bertz CT molecular complexity index is 245. The van der Waals surface area contributed by atoms with Gasteiger partial charge in [0.15, 0.2) is 0 Å². The number of ether oxygens (including phenoxy) is 2. The zero-order valence-electron chi connectivity index (χ0n) is 13.1. The van der Waals surface area contributed by atoms with Crippen molar-refractivity contribution in [2.75, 3.05) is 46.0 Å². The lowest BCUT2D eigenvalue weighted by Crippen LogP contribution is -2.32. The van der Waals surface area contributed by atoms with Crippen LogP contribution < -0.4 is 5.32 Å². The van der Waals surface area contributed by atoms with Crippen LogP contribution in [0.15, 0.2) is 0 Å². The predicted molar refractivity (Wildman–Crippen MR) is 82.2 cm³/mol. The molecule has 0 aliphatic carbocycles. The Kier molecular flexibility index (Phi) is 7.88. The van der Waals surface area contributed by atoms with Gasteiger partial charge in [0, 0.05) is 19.3 Å². The zero-order chi connectivity index (χ0) is 14.0. The zero-order valence-corrected chi connectivity index (χ0v) is 13.1. The summed E-state index contributed by atoms with van der Waals surface area (Å²) in [6.07, 6.45) is 7.81. The van der Waals surface area contributed by atoms with E-state index in [-0.39, 0.29) is 0 Å². The maximum atomic E-state index is 5.69. The Morgan fingerprint density at radius 3 is 2.95 bits per heavy atom. The van der Waals surface area contributed by atoms with E-state index in [9.17, 15) is 0 Å². The number of rotatable bonds is 8. The van der Waals surface area contributed by atoms with E-state index >= 15 is 0 Å². The fourth-order valence-corrected chi connectivity index (χ4v) is 3.15. The molecule has 2 heterocycles. The van der Waals surface area contributed by atoms with Crippen LogP contribution in [0.5, 0.6) is 0 Å².